The van der Waals surface area contributed by atoms with Crippen molar-refractivity contribution in [1.82, 2.24) is 0 Å². The first-order valence-electron chi connectivity index (χ1n) is 7.13. The van der Waals surface area contributed by atoms with Crippen molar-refractivity contribution >= 4 is 5.78 Å². The van der Waals surface area contributed by atoms with E-state index in [2.05, 4.69) is 39.8 Å². The van der Waals surface area contributed by atoms with Gasteiger partial charge in [0, 0.05) is 6.42 Å². The van der Waals surface area contributed by atoms with E-state index in [1.54, 1.807) is 6.92 Å². The molecule has 1 unspecified atom stereocenters. The van der Waals surface area contributed by atoms with Crippen molar-refractivity contribution in [3.05, 3.63) is 29.3 Å². The predicted molar refractivity (Wildman–Crippen MR) is 79.8 cm³/mol. The molecule has 2 heteroatoms. The van der Waals surface area contributed by atoms with Gasteiger partial charge in [0.1, 0.15) is 11.5 Å². The van der Waals surface area contributed by atoms with E-state index in [-0.39, 0.29) is 5.78 Å². The van der Waals surface area contributed by atoms with E-state index in [9.17, 15) is 4.79 Å². The van der Waals surface area contributed by atoms with Gasteiger partial charge in [0.05, 0.1) is 6.61 Å². The molecule has 0 aliphatic rings. The molecule has 106 valence electrons. The summed E-state index contributed by atoms with van der Waals surface area (Å²) in [7, 11) is 0. The molecule has 1 atom stereocenters. The Balaban J connectivity index is 2.68. The van der Waals surface area contributed by atoms with Gasteiger partial charge in [0.15, 0.2) is 0 Å². The molecule has 0 heterocycles. The van der Waals surface area contributed by atoms with E-state index in [1.165, 1.54) is 11.1 Å². The minimum Gasteiger partial charge on any atom is -0.493 e. The molecule has 1 rings (SSSR count). The quantitative estimate of drug-likeness (QED) is 0.723. The molecular weight excluding hydrogens is 236 g/mol. The highest BCUT2D eigenvalue weighted by molar-refractivity contribution is 5.75. The van der Waals surface area contributed by atoms with Crippen molar-refractivity contribution in [3.8, 4) is 5.75 Å². The average molecular weight is 262 g/mol. The molecule has 0 aliphatic carbocycles. The van der Waals surface area contributed by atoms with Crippen LogP contribution in [0, 0.1) is 12.8 Å². The van der Waals surface area contributed by atoms with Crippen molar-refractivity contribution in [2.45, 2.75) is 53.4 Å². The Labute approximate surface area is 117 Å². The predicted octanol–water partition coefficient (Wildman–Crippen LogP) is 4.50. The average Bonchev–Trinajstić information content (AvgIpc) is 2.33. The summed E-state index contributed by atoms with van der Waals surface area (Å²) >= 11 is 0. The molecule has 0 fully saturated rings. The van der Waals surface area contributed by atoms with Gasteiger partial charge in [-0.3, -0.25) is 0 Å². The van der Waals surface area contributed by atoms with Crippen LogP contribution in [0.5, 0.6) is 5.75 Å². The van der Waals surface area contributed by atoms with E-state index in [0.717, 1.165) is 18.8 Å². The summed E-state index contributed by atoms with van der Waals surface area (Å²) in [4.78, 5) is 11.0. The Bertz CT molecular complexity index is 421. The summed E-state index contributed by atoms with van der Waals surface area (Å²) in [5, 5.41) is 0. The van der Waals surface area contributed by atoms with Crippen LogP contribution in [0.1, 0.15) is 57.6 Å². The first kappa shape index (κ1) is 15.7. The van der Waals surface area contributed by atoms with Crippen molar-refractivity contribution in [2.24, 2.45) is 5.92 Å². The zero-order valence-electron chi connectivity index (χ0n) is 12.8. The monoisotopic (exact) mass is 262 g/mol. The van der Waals surface area contributed by atoms with Crippen LogP contribution in [0.3, 0.4) is 0 Å². The number of ketones is 1. The molecule has 2 nitrogen and oxygen atoms in total. The fourth-order valence-electron chi connectivity index (χ4n) is 2.13. The highest BCUT2D eigenvalue weighted by Crippen LogP contribution is 2.27. The molecule has 19 heavy (non-hydrogen) atoms. The smallest absolute Gasteiger partial charge is 0.129 e. The Morgan fingerprint density at radius 3 is 2.47 bits per heavy atom. The fraction of sp³-hybridized carbons (Fsp3) is 0.588. The van der Waals surface area contributed by atoms with Gasteiger partial charge in [-0.15, -0.1) is 0 Å². The highest BCUT2D eigenvalue weighted by atomic mass is 16.5. The van der Waals surface area contributed by atoms with E-state index in [4.69, 9.17) is 4.74 Å². The summed E-state index contributed by atoms with van der Waals surface area (Å²) in [6, 6.07) is 6.27. The van der Waals surface area contributed by atoms with Crippen molar-refractivity contribution in [2.75, 3.05) is 6.61 Å². The largest absolute Gasteiger partial charge is 0.493 e. The number of ether oxygens (including phenoxy) is 1. The van der Waals surface area contributed by atoms with E-state index >= 15 is 0 Å². The number of carbonyl (C=O) groups is 1. The van der Waals surface area contributed by atoms with Gasteiger partial charge in [0.2, 0.25) is 0 Å². The minimum absolute atomic E-state index is 0.265. The van der Waals surface area contributed by atoms with E-state index < -0.39 is 0 Å². The minimum atomic E-state index is 0.265. The van der Waals surface area contributed by atoms with Crippen molar-refractivity contribution < 1.29 is 9.53 Å². The molecule has 0 spiro atoms. The lowest BCUT2D eigenvalue weighted by atomic mass is 9.92. The van der Waals surface area contributed by atoms with Gasteiger partial charge in [-0.2, -0.15) is 0 Å². The summed E-state index contributed by atoms with van der Waals surface area (Å²) in [5.41, 5.74) is 2.57. The maximum absolute atomic E-state index is 11.0. The first-order chi connectivity index (χ1) is 8.90. The highest BCUT2D eigenvalue weighted by Gasteiger charge is 2.10. The summed E-state index contributed by atoms with van der Waals surface area (Å²) in [6.07, 6.45) is 1.58. The number of rotatable bonds is 7. The Morgan fingerprint density at radius 1 is 1.26 bits per heavy atom. The second kappa shape index (κ2) is 7.32. The van der Waals surface area contributed by atoms with Gasteiger partial charge >= 0.3 is 0 Å². The number of hydrogen-bond acceptors (Lipinski definition) is 2. The third kappa shape index (κ3) is 5.46. The van der Waals surface area contributed by atoms with Crippen LogP contribution in [0.15, 0.2) is 18.2 Å². The molecule has 0 N–H and O–H groups in total. The molecule has 0 saturated carbocycles. The van der Waals surface area contributed by atoms with Crippen LogP contribution >= 0.6 is 0 Å². The summed E-state index contributed by atoms with van der Waals surface area (Å²) < 4.78 is 5.73. The van der Waals surface area contributed by atoms with E-state index in [1.807, 2.05) is 6.07 Å². The second-order valence-electron chi connectivity index (χ2n) is 5.86. The number of carbonyl (C=O) groups excluding carboxylic acids is 1. The van der Waals surface area contributed by atoms with Crippen LogP contribution in [0.2, 0.25) is 0 Å². The molecule has 0 saturated heterocycles. The van der Waals surface area contributed by atoms with Crippen LogP contribution in [-0.2, 0) is 4.79 Å². The molecule has 0 bridgehead atoms. The molecule has 0 aromatic heterocycles. The molecule has 0 radical (unpaired) electrons. The standard InChI is InChI=1S/C17H26O2/c1-12(2)11-19-16-8-9-17(14(4)10-16)13(3)6-7-15(5)18/h8-10,12-13H,6-7,11H2,1-5H3. The van der Waals surface area contributed by atoms with Crippen molar-refractivity contribution in [3.63, 3.8) is 0 Å². The van der Waals surface area contributed by atoms with Gasteiger partial charge in [0.25, 0.3) is 0 Å². The molecule has 1 aromatic carbocycles. The lowest BCUT2D eigenvalue weighted by molar-refractivity contribution is -0.117. The van der Waals surface area contributed by atoms with E-state index in [0.29, 0.717) is 18.3 Å². The zero-order valence-corrected chi connectivity index (χ0v) is 12.8. The molecule has 0 aliphatic heterocycles. The fourth-order valence-corrected chi connectivity index (χ4v) is 2.13. The third-order valence-electron chi connectivity index (χ3n) is 3.28. The topological polar surface area (TPSA) is 26.3 Å². The van der Waals surface area contributed by atoms with Crippen LogP contribution in [0.4, 0.5) is 0 Å². The number of hydrogen-bond donors (Lipinski definition) is 0. The van der Waals surface area contributed by atoms with Crippen molar-refractivity contribution in [1.29, 1.82) is 0 Å². The molecule has 0 amide bonds. The number of benzene rings is 1. The SMILES string of the molecule is CC(=O)CCC(C)c1ccc(OCC(C)C)cc1C. The number of aryl methyl sites for hydroxylation is 1. The molecule has 1 aromatic rings. The maximum Gasteiger partial charge on any atom is 0.129 e. The first-order valence-corrected chi connectivity index (χ1v) is 7.13. The van der Waals surface area contributed by atoms with Gasteiger partial charge in [-0.25, -0.2) is 0 Å². The van der Waals surface area contributed by atoms with Gasteiger partial charge < -0.3 is 9.53 Å². The van der Waals surface area contributed by atoms with Crippen LogP contribution in [0.25, 0.3) is 0 Å². The van der Waals surface area contributed by atoms with Gasteiger partial charge in [-0.1, -0.05) is 26.8 Å². The Hall–Kier alpha value is -1.31. The molecular formula is C17H26O2. The second-order valence-corrected chi connectivity index (χ2v) is 5.86. The Morgan fingerprint density at radius 2 is 1.95 bits per heavy atom. The third-order valence-corrected chi connectivity index (χ3v) is 3.28. The Kier molecular flexibility index (Phi) is 6.07. The summed E-state index contributed by atoms with van der Waals surface area (Å²) in [5.74, 6) is 2.16. The van der Waals surface area contributed by atoms with Crippen LogP contribution in [-0.4, -0.2) is 12.4 Å². The lowest BCUT2D eigenvalue weighted by Gasteiger charge is -2.16. The normalized spacial score (nSPS) is 12.5. The summed E-state index contributed by atoms with van der Waals surface area (Å²) in [6.45, 7) is 11.0. The zero-order chi connectivity index (χ0) is 14.4. The number of Topliss-reactive ketones (excluding diaryl/α,β-unsaturated/α-hetero) is 1. The van der Waals surface area contributed by atoms with Crippen LogP contribution < -0.4 is 4.74 Å². The maximum atomic E-state index is 11.0. The lowest BCUT2D eigenvalue weighted by Crippen LogP contribution is -2.05. The van der Waals surface area contributed by atoms with Gasteiger partial charge in [-0.05, 0) is 55.4 Å².